The molecule has 1 aromatic heterocycles. The number of ether oxygens (including phenoxy) is 1. The molecule has 0 aliphatic carbocycles. The monoisotopic (exact) mass is 368 g/mol. The van der Waals surface area contributed by atoms with Gasteiger partial charge in [-0.2, -0.15) is 0 Å². The highest BCUT2D eigenvalue weighted by molar-refractivity contribution is 7.92. The molecule has 2 aromatic carbocycles. The maximum atomic E-state index is 12.7. The highest BCUT2D eigenvalue weighted by Crippen LogP contribution is 2.34. The van der Waals surface area contributed by atoms with Crippen molar-refractivity contribution in [1.29, 1.82) is 0 Å². The lowest BCUT2D eigenvalue weighted by atomic mass is 10.0. The minimum atomic E-state index is -3.67. The van der Waals surface area contributed by atoms with Crippen molar-refractivity contribution in [1.82, 2.24) is 4.98 Å². The molecule has 1 N–H and O–H groups in total. The van der Waals surface area contributed by atoms with Crippen molar-refractivity contribution >= 4 is 15.7 Å². The Balaban J connectivity index is 1.98. The van der Waals surface area contributed by atoms with Gasteiger partial charge in [-0.15, -0.1) is 0 Å². The molecular formula is C20H20N2O3S. The number of nitrogens with zero attached hydrogens (tertiary/aromatic N) is 1. The summed E-state index contributed by atoms with van der Waals surface area (Å²) >= 11 is 0. The first-order valence-corrected chi connectivity index (χ1v) is 9.58. The van der Waals surface area contributed by atoms with Crippen LogP contribution in [0.25, 0.3) is 11.1 Å². The SMILES string of the molecule is COc1cc(NS(=O)(=O)c2ccccc2C)ccc1-c1cnccc1C. The average molecular weight is 368 g/mol. The zero-order valence-electron chi connectivity index (χ0n) is 14.9. The Morgan fingerprint density at radius 1 is 0.962 bits per heavy atom. The molecule has 0 spiro atoms. The van der Waals surface area contributed by atoms with Crippen LogP contribution in [0, 0.1) is 13.8 Å². The Hall–Kier alpha value is -2.86. The second-order valence-corrected chi connectivity index (χ2v) is 7.63. The van der Waals surface area contributed by atoms with Gasteiger partial charge in [0.1, 0.15) is 5.75 Å². The van der Waals surface area contributed by atoms with E-state index >= 15 is 0 Å². The number of benzene rings is 2. The number of rotatable bonds is 5. The predicted octanol–water partition coefficient (Wildman–Crippen LogP) is 4.17. The van der Waals surface area contributed by atoms with Gasteiger partial charge in [-0.3, -0.25) is 9.71 Å². The number of anilines is 1. The van der Waals surface area contributed by atoms with Crippen LogP contribution >= 0.6 is 0 Å². The van der Waals surface area contributed by atoms with E-state index in [1.807, 2.05) is 25.1 Å². The molecule has 6 heteroatoms. The number of pyridine rings is 1. The van der Waals surface area contributed by atoms with Gasteiger partial charge in [0.05, 0.1) is 17.7 Å². The lowest BCUT2D eigenvalue weighted by Gasteiger charge is -2.14. The molecule has 0 fully saturated rings. The van der Waals surface area contributed by atoms with E-state index in [1.165, 1.54) is 0 Å². The van der Waals surface area contributed by atoms with Crippen molar-refractivity contribution in [3.05, 3.63) is 72.1 Å². The summed E-state index contributed by atoms with van der Waals surface area (Å²) in [6.07, 6.45) is 3.50. The third kappa shape index (κ3) is 3.55. The molecule has 0 saturated carbocycles. The highest BCUT2D eigenvalue weighted by atomic mass is 32.2. The predicted molar refractivity (Wildman–Crippen MR) is 103 cm³/mol. The lowest BCUT2D eigenvalue weighted by Crippen LogP contribution is -2.14. The summed E-state index contributed by atoms with van der Waals surface area (Å²) in [6, 6.07) is 14.0. The fourth-order valence-electron chi connectivity index (χ4n) is 2.79. The third-order valence-electron chi connectivity index (χ3n) is 4.17. The number of hydrogen-bond acceptors (Lipinski definition) is 4. The van der Waals surface area contributed by atoms with E-state index in [4.69, 9.17) is 4.74 Å². The summed E-state index contributed by atoms with van der Waals surface area (Å²) in [5.41, 5.74) is 3.99. The molecule has 0 amide bonds. The number of aryl methyl sites for hydroxylation is 2. The number of aromatic nitrogens is 1. The average Bonchev–Trinajstić information content (AvgIpc) is 2.62. The first-order chi connectivity index (χ1) is 12.4. The van der Waals surface area contributed by atoms with Crippen LogP contribution in [0.15, 0.2) is 65.8 Å². The van der Waals surface area contributed by atoms with Crippen LogP contribution in [-0.4, -0.2) is 20.5 Å². The zero-order chi connectivity index (χ0) is 18.7. The highest BCUT2D eigenvalue weighted by Gasteiger charge is 2.17. The van der Waals surface area contributed by atoms with E-state index in [1.54, 1.807) is 56.8 Å². The van der Waals surface area contributed by atoms with Gasteiger partial charge in [0, 0.05) is 29.6 Å². The summed E-state index contributed by atoms with van der Waals surface area (Å²) in [5, 5.41) is 0. The first kappa shape index (κ1) is 17.9. The summed E-state index contributed by atoms with van der Waals surface area (Å²) in [7, 11) is -2.11. The van der Waals surface area contributed by atoms with Crippen molar-refractivity contribution in [3.8, 4) is 16.9 Å². The van der Waals surface area contributed by atoms with E-state index in [2.05, 4.69) is 9.71 Å². The van der Waals surface area contributed by atoms with Crippen LogP contribution in [0.3, 0.4) is 0 Å². The van der Waals surface area contributed by atoms with Gasteiger partial charge >= 0.3 is 0 Å². The second kappa shape index (κ2) is 7.17. The number of nitrogens with one attached hydrogen (secondary N) is 1. The fraction of sp³-hybridized carbons (Fsp3) is 0.150. The molecule has 0 radical (unpaired) electrons. The number of methoxy groups -OCH3 is 1. The van der Waals surface area contributed by atoms with Crippen LogP contribution in [0.1, 0.15) is 11.1 Å². The maximum absolute atomic E-state index is 12.7. The van der Waals surface area contributed by atoms with E-state index in [9.17, 15) is 8.42 Å². The second-order valence-electron chi connectivity index (χ2n) is 5.98. The van der Waals surface area contributed by atoms with Crippen LogP contribution in [-0.2, 0) is 10.0 Å². The largest absolute Gasteiger partial charge is 0.496 e. The minimum absolute atomic E-state index is 0.256. The van der Waals surface area contributed by atoms with Gasteiger partial charge in [-0.05, 0) is 49.2 Å². The topological polar surface area (TPSA) is 68.3 Å². The third-order valence-corrected chi connectivity index (χ3v) is 5.71. The van der Waals surface area contributed by atoms with E-state index in [0.717, 1.165) is 16.7 Å². The van der Waals surface area contributed by atoms with Crippen LogP contribution in [0.2, 0.25) is 0 Å². The molecule has 0 aliphatic heterocycles. The number of sulfonamides is 1. The van der Waals surface area contributed by atoms with Gasteiger partial charge in [-0.1, -0.05) is 18.2 Å². The molecule has 0 aliphatic rings. The van der Waals surface area contributed by atoms with Crippen molar-refractivity contribution in [2.45, 2.75) is 18.7 Å². The molecule has 3 rings (SSSR count). The molecular weight excluding hydrogens is 348 g/mol. The fourth-order valence-corrected chi connectivity index (χ4v) is 4.09. The standard InChI is InChI=1S/C20H20N2O3S/c1-14-10-11-21-13-18(14)17-9-8-16(12-19(17)25-3)22-26(23,24)20-7-5-4-6-15(20)2/h4-13,22H,1-3H3. The molecule has 134 valence electrons. The Bertz CT molecular complexity index is 1050. The maximum Gasteiger partial charge on any atom is 0.262 e. The van der Waals surface area contributed by atoms with Gasteiger partial charge in [0.25, 0.3) is 10.0 Å². The lowest BCUT2D eigenvalue weighted by molar-refractivity contribution is 0.416. The van der Waals surface area contributed by atoms with Gasteiger partial charge in [0.2, 0.25) is 0 Å². The molecule has 0 unspecified atom stereocenters. The van der Waals surface area contributed by atoms with Crippen molar-refractivity contribution < 1.29 is 13.2 Å². The van der Waals surface area contributed by atoms with Gasteiger partial charge < -0.3 is 4.74 Å². The summed E-state index contributed by atoms with van der Waals surface area (Å²) < 4.78 is 33.4. The molecule has 3 aromatic rings. The number of hydrogen-bond donors (Lipinski definition) is 1. The quantitative estimate of drug-likeness (QED) is 0.734. The van der Waals surface area contributed by atoms with Crippen molar-refractivity contribution in [2.75, 3.05) is 11.8 Å². The molecule has 26 heavy (non-hydrogen) atoms. The van der Waals surface area contributed by atoms with Gasteiger partial charge in [-0.25, -0.2) is 8.42 Å². The van der Waals surface area contributed by atoms with E-state index in [-0.39, 0.29) is 4.90 Å². The minimum Gasteiger partial charge on any atom is -0.496 e. The zero-order valence-corrected chi connectivity index (χ0v) is 15.7. The molecule has 0 bridgehead atoms. The van der Waals surface area contributed by atoms with Crippen LogP contribution < -0.4 is 9.46 Å². The molecule has 1 heterocycles. The van der Waals surface area contributed by atoms with Crippen molar-refractivity contribution in [3.63, 3.8) is 0 Å². The van der Waals surface area contributed by atoms with Crippen LogP contribution in [0.5, 0.6) is 5.75 Å². The summed E-state index contributed by atoms with van der Waals surface area (Å²) in [4.78, 5) is 4.42. The molecule has 0 saturated heterocycles. The van der Waals surface area contributed by atoms with Crippen LogP contribution in [0.4, 0.5) is 5.69 Å². The van der Waals surface area contributed by atoms with Crippen molar-refractivity contribution in [2.24, 2.45) is 0 Å². The Morgan fingerprint density at radius 2 is 1.73 bits per heavy atom. The first-order valence-electron chi connectivity index (χ1n) is 8.10. The summed E-state index contributed by atoms with van der Waals surface area (Å²) in [5.74, 6) is 0.575. The smallest absolute Gasteiger partial charge is 0.262 e. The molecule has 0 atom stereocenters. The normalized spacial score (nSPS) is 11.2. The Labute approximate surface area is 153 Å². The summed E-state index contributed by atoms with van der Waals surface area (Å²) in [6.45, 7) is 3.76. The molecule has 5 nitrogen and oxygen atoms in total. The Morgan fingerprint density at radius 3 is 2.42 bits per heavy atom. The van der Waals surface area contributed by atoms with Gasteiger partial charge in [0.15, 0.2) is 0 Å². The van der Waals surface area contributed by atoms with E-state index < -0.39 is 10.0 Å². The van der Waals surface area contributed by atoms with E-state index in [0.29, 0.717) is 17.0 Å². The Kier molecular flexibility index (Phi) is 4.95.